The van der Waals surface area contributed by atoms with Crippen molar-refractivity contribution in [3.05, 3.63) is 53.9 Å². The van der Waals surface area contributed by atoms with E-state index in [0.717, 1.165) is 24.4 Å². The number of ether oxygens (including phenoxy) is 1. The molecule has 0 aliphatic rings. The van der Waals surface area contributed by atoms with Crippen molar-refractivity contribution >= 4 is 0 Å². The Kier molecular flexibility index (Phi) is 4.63. The van der Waals surface area contributed by atoms with Gasteiger partial charge in [-0.05, 0) is 37.7 Å². The van der Waals surface area contributed by atoms with Crippen molar-refractivity contribution in [2.75, 3.05) is 6.54 Å². The van der Waals surface area contributed by atoms with Gasteiger partial charge in [0.2, 0.25) is 0 Å². The van der Waals surface area contributed by atoms with Gasteiger partial charge in [-0.2, -0.15) is 0 Å². The minimum absolute atomic E-state index is 0.0271. The molecule has 20 heavy (non-hydrogen) atoms. The third kappa shape index (κ3) is 3.51. The fourth-order valence-electron chi connectivity index (χ4n) is 1.80. The largest absolute Gasteiger partial charge is 0.453 e. The minimum atomic E-state index is -0.741. The van der Waals surface area contributed by atoms with Crippen LogP contribution in [-0.4, -0.2) is 11.5 Å². The molecule has 0 spiro atoms. The van der Waals surface area contributed by atoms with Crippen LogP contribution in [0.1, 0.15) is 25.6 Å². The summed E-state index contributed by atoms with van der Waals surface area (Å²) in [5.41, 5.74) is 0.874. The van der Waals surface area contributed by atoms with Crippen LogP contribution >= 0.6 is 0 Å². The van der Waals surface area contributed by atoms with Gasteiger partial charge in [0.25, 0.3) is 0 Å². The van der Waals surface area contributed by atoms with Gasteiger partial charge < -0.3 is 10.1 Å². The predicted molar refractivity (Wildman–Crippen MR) is 72.8 cm³/mol. The summed E-state index contributed by atoms with van der Waals surface area (Å²) in [4.78, 5) is 4.26. The van der Waals surface area contributed by atoms with E-state index >= 15 is 0 Å². The number of aromatic nitrogens is 1. The maximum absolute atomic E-state index is 13.4. The average molecular weight is 278 g/mol. The number of hydrogen-bond donors (Lipinski definition) is 1. The standard InChI is InChI=1S/C15H16F2N2O/c1-3-18-10(2)14-6-5-12(9-19-14)20-15-7-4-11(16)8-13(15)17/h4-10,18H,3H2,1-2H3. The van der Waals surface area contributed by atoms with Gasteiger partial charge in [-0.3, -0.25) is 4.98 Å². The van der Waals surface area contributed by atoms with E-state index in [1.165, 1.54) is 12.3 Å². The van der Waals surface area contributed by atoms with Crippen molar-refractivity contribution in [2.45, 2.75) is 19.9 Å². The first-order valence-electron chi connectivity index (χ1n) is 6.42. The highest BCUT2D eigenvalue weighted by molar-refractivity contribution is 5.31. The van der Waals surface area contributed by atoms with Crippen LogP contribution in [0.3, 0.4) is 0 Å². The zero-order chi connectivity index (χ0) is 14.5. The van der Waals surface area contributed by atoms with Gasteiger partial charge in [0.1, 0.15) is 11.6 Å². The Morgan fingerprint density at radius 1 is 1.25 bits per heavy atom. The number of hydrogen-bond acceptors (Lipinski definition) is 3. The van der Waals surface area contributed by atoms with Crippen LogP contribution in [0.4, 0.5) is 8.78 Å². The van der Waals surface area contributed by atoms with Crippen molar-refractivity contribution in [1.82, 2.24) is 10.3 Å². The molecule has 1 aromatic carbocycles. The van der Waals surface area contributed by atoms with Gasteiger partial charge >= 0.3 is 0 Å². The number of nitrogens with zero attached hydrogens (tertiary/aromatic N) is 1. The predicted octanol–water partition coefficient (Wildman–Crippen LogP) is 3.82. The topological polar surface area (TPSA) is 34.1 Å². The van der Waals surface area contributed by atoms with Crippen LogP contribution in [-0.2, 0) is 0 Å². The lowest BCUT2D eigenvalue weighted by Crippen LogP contribution is -2.18. The molecule has 1 heterocycles. The van der Waals surface area contributed by atoms with Crippen LogP contribution in [0.25, 0.3) is 0 Å². The second kappa shape index (κ2) is 6.43. The highest BCUT2D eigenvalue weighted by atomic mass is 19.1. The Bertz CT molecular complexity index is 573. The summed E-state index contributed by atoms with van der Waals surface area (Å²) in [5.74, 6) is -0.999. The highest BCUT2D eigenvalue weighted by Gasteiger charge is 2.08. The summed E-state index contributed by atoms with van der Waals surface area (Å²) >= 11 is 0. The van der Waals surface area contributed by atoms with Crippen LogP contribution in [0, 0.1) is 11.6 Å². The van der Waals surface area contributed by atoms with E-state index in [4.69, 9.17) is 4.74 Å². The first-order valence-corrected chi connectivity index (χ1v) is 6.42. The third-order valence-electron chi connectivity index (χ3n) is 2.83. The molecule has 1 aromatic heterocycles. The fraction of sp³-hybridized carbons (Fsp3) is 0.267. The summed E-state index contributed by atoms with van der Waals surface area (Å²) in [6, 6.07) is 6.83. The lowest BCUT2D eigenvalue weighted by molar-refractivity contribution is 0.435. The fourth-order valence-corrected chi connectivity index (χ4v) is 1.80. The summed E-state index contributed by atoms with van der Waals surface area (Å²) in [6.45, 7) is 4.87. The molecule has 0 saturated carbocycles. The van der Waals surface area contributed by atoms with Crippen molar-refractivity contribution in [3.8, 4) is 11.5 Å². The Morgan fingerprint density at radius 2 is 2.05 bits per heavy atom. The van der Waals surface area contributed by atoms with Crippen molar-refractivity contribution in [1.29, 1.82) is 0 Å². The molecule has 1 atom stereocenters. The molecule has 3 nitrogen and oxygen atoms in total. The number of nitrogens with one attached hydrogen (secondary N) is 1. The van der Waals surface area contributed by atoms with Gasteiger partial charge in [-0.25, -0.2) is 8.78 Å². The molecule has 0 saturated heterocycles. The van der Waals surface area contributed by atoms with Crippen LogP contribution in [0.2, 0.25) is 0 Å². The lowest BCUT2D eigenvalue weighted by atomic mass is 10.2. The van der Waals surface area contributed by atoms with E-state index < -0.39 is 11.6 Å². The number of rotatable bonds is 5. The molecular formula is C15H16F2N2O. The number of pyridine rings is 1. The Balaban J connectivity index is 2.10. The molecule has 0 amide bonds. The Hall–Kier alpha value is -2.01. The Labute approximate surface area is 116 Å². The van der Waals surface area contributed by atoms with Gasteiger partial charge in [0.05, 0.1) is 11.9 Å². The summed E-state index contributed by atoms with van der Waals surface area (Å²) in [6.07, 6.45) is 1.52. The SMILES string of the molecule is CCNC(C)c1ccc(Oc2ccc(F)cc2F)cn1. The highest BCUT2D eigenvalue weighted by Crippen LogP contribution is 2.25. The van der Waals surface area contributed by atoms with Crippen molar-refractivity contribution in [3.63, 3.8) is 0 Å². The molecule has 5 heteroatoms. The molecule has 0 fully saturated rings. The van der Waals surface area contributed by atoms with E-state index in [2.05, 4.69) is 10.3 Å². The monoisotopic (exact) mass is 278 g/mol. The minimum Gasteiger partial charge on any atom is -0.453 e. The van der Waals surface area contributed by atoms with Crippen LogP contribution in [0.5, 0.6) is 11.5 Å². The third-order valence-corrected chi connectivity index (χ3v) is 2.83. The number of benzene rings is 1. The Morgan fingerprint density at radius 3 is 2.65 bits per heavy atom. The molecule has 0 aliphatic carbocycles. The normalized spacial score (nSPS) is 12.2. The van der Waals surface area contributed by atoms with E-state index in [1.807, 2.05) is 19.9 Å². The van der Waals surface area contributed by atoms with E-state index in [9.17, 15) is 8.78 Å². The number of halogens is 2. The average Bonchev–Trinajstić information content (AvgIpc) is 2.43. The van der Waals surface area contributed by atoms with E-state index in [0.29, 0.717) is 5.75 Å². The second-order valence-electron chi connectivity index (χ2n) is 4.37. The van der Waals surface area contributed by atoms with Crippen molar-refractivity contribution in [2.24, 2.45) is 0 Å². The molecule has 1 unspecified atom stereocenters. The first kappa shape index (κ1) is 14.4. The maximum Gasteiger partial charge on any atom is 0.168 e. The van der Waals surface area contributed by atoms with Gasteiger partial charge in [-0.1, -0.05) is 6.92 Å². The molecular weight excluding hydrogens is 262 g/mol. The van der Waals surface area contributed by atoms with E-state index in [-0.39, 0.29) is 11.8 Å². The molecule has 2 rings (SSSR count). The molecule has 0 radical (unpaired) electrons. The first-order chi connectivity index (χ1) is 9.60. The smallest absolute Gasteiger partial charge is 0.168 e. The molecule has 2 aromatic rings. The van der Waals surface area contributed by atoms with Gasteiger partial charge in [-0.15, -0.1) is 0 Å². The van der Waals surface area contributed by atoms with Crippen LogP contribution < -0.4 is 10.1 Å². The molecule has 0 bridgehead atoms. The summed E-state index contributed by atoms with van der Waals surface area (Å²) < 4.78 is 31.6. The zero-order valence-corrected chi connectivity index (χ0v) is 11.4. The van der Waals surface area contributed by atoms with Gasteiger partial charge in [0.15, 0.2) is 11.6 Å². The van der Waals surface area contributed by atoms with E-state index in [1.54, 1.807) is 6.07 Å². The second-order valence-corrected chi connectivity index (χ2v) is 4.37. The quantitative estimate of drug-likeness (QED) is 0.902. The molecule has 1 N–H and O–H groups in total. The van der Waals surface area contributed by atoms with Crippen LogP contribution in [0.15, 0.2) is 36.5 Å². The van der Waals surface area contributed by atoms with Gasteiger partial charge in [0, 0.05) is 12.1 Å². The summed E-state index contributed by atoms with van der Waals surface area (Å²) in [5, 5.41) is 3.24. The maximum atomic E-state index is 13.4. The molecule has 0 aliphatic heterocycles. The van der Waals surface area contributed by atoms with Crippen molar-refractivity contribution < 1.29 is 13.5 Å². The zero-order valence-electron chi connectivity index (χ0n) is 11.4. The lowest BCUT2D eigenvalue weighted by Gasteiger charge is -2.12. The molecule has 106 valence electrons. The summed E-state index contributed by atoms with van der Waals surface area (Å²) in [7, 11) is 0.